The van der Waals surface area contributed by atoms with Gasteiger partial charge in [0.15, 0.2) is 17.3 Å². The van der Waals surface area contributed by atoms with Crippen LogP contribution in [0.4, 0.5) is 0 Å². The Bertz CT molecular complexity index is 704. The van der Waals surface area contributed by atoms with Gasteiger partial charge in [0, 0.05) is 16.7 Å². The molecule has 1 aliphatic rings. The average Bonchev–Trinajstić information content (AvgIpc) is 2.39. The zero-order chi connectivity index (χ0) is 12.9. The molecule has 0 saturated heterocycles. The number of ketones is 1. The molecule has 3 rings (SSSR count). The summed E-state index contributed by atoms with van der Waals surface area (Å²) in [4.78, 5) is 12.2. The number of hydrogen-bond donors (Lipinski definition) is 3. The molecule has 0 radical (unpaired) electrons. The minimum atomic E-state index is -0.416. The number of phenols is 2. The third-order valence-corrected chi connectivity index (χ3v) is 3.09. The first-order valence-electron chi connectivity index (χ1n) is 5.39. The zero-order valence-electron chi connectivity index (χ0n) is 9.27. The lowest BCUT2D eigenvalue weighted by Crippen LogP contribution is -2.20. The Kier molecular flexibility index (Phi) is 2.01. The second kappa shape index (κ2) is 3.43. The van der Waals surface area contributed by atoms with Crippen molar-refractivity contribution in [3.05, 3.63) is 58.7 Å². The van der Waals surface area contributed by atoms with Gasteiger partial charge in [-0.3, -0.25) is 10.2 Å². The highest BCUT2D eigenvalue weighted by atomic mass is 16.3. The van der Waals surface area contributed by atoms with Crippen molar-refractivity contribution in [3.8, 4) is 11.5 Å². The van der Waals surface area contributed by atoms with E-state index in [1.165, 1.54) is 12.1 Å². The van der Waals surface area contributed by atoms with Crippen LogP contribution in [0.5, 0.6) is 11.5 Å². The maximum absolute atomic E-state index is 12.2. The zero-order valence-corrected chi connectivity index (χ0v) is 9.27. The second-order valence-corrected chi connectivity index (χ2v) is 4.11. The molecule has 0 spiro atoms. The summed E-state index contributed by atoms with van der Waals surface area (Å²) in [6, 6.07) is 9.45. The predicted octanol–water partition coefficient (Wildman–Crippen LogP) is 2.06. The first-order chi connectivity index (χ1) is 8.61. The van der Waals surface area contributed by atoms with Crippen molar-refractivity contribution in [2.75, 3.05) is 0 Å². The molecule has 0 saturated carbocycles. The molecule has 0 bridgehead atoms. The summed E-state index contributed by atoms with van der Waals surface area (Å²) in [6.07, 6.45) is 0. The molecule has 88 valence electrons. The van der Waals surface area contributed by atoms with Crippen molar-refractivity contribution in [1.29, 1.82) is 5.41 Å². The van der Waals surface area contributed by atoms with E-state index in [0.717, 1.165) is 0 Å². The van der Waals surface area contributed by atoms with Crippen LogP contribution in [-0.2, 0) is 0 Å². The lowest BCUT2D eigenvalue weighted by atomic mass is 9.83. The van der Waals surface area contributed by atoms with Crippen LogP contribution in [0.25, 0.3) is 0 Å². The lowest BCUT2D eigenvalue weighted by Gasteiger charge is -2.20. The predicted molar refractivity (Wildman–Crippen MR) is 65.6 cm³/mol. The Morgan fingerprint density at radius 2 is 1.56 bits per heavy atom. The second-order valence-electron chi connectivity index (χ2n) is 4.11. The van der Waals surface area contributed by atoms with Crippen molar-refractivity contribution in [2.45, 2.75) is 0 Å². The molecule has 18 heavy (non-hydrogen) atoms. The topological polar surface area (TPSA) is 81.4 Å². The highest BCUT2D eigenvalue weighted by Crippen LogP contribution is 2.37. The molecule has 0 aliphatic heterocycles. The minimum Gasteiger partial charge on any atom is -0.504 e. The summed E-state index contributed by atoms with van der Waals surface area (Å²) in [6.45, 7) is 0. The molecule has 4 heteroatoms. The maximum atomic E-state index is 12.2. The van der Waals surface area contributed by atoms with Gasteiger partial charge in [-0.25, -0.2) is 0 Å². The molecular weight excluding hydrogens is 230 g/mol. The van der Waals surface area contributed by atoms with Crippen molar-refractivity contribution in [1.82, 2.24) is 0 Å². The van der Waals surface area contributed by atoms with Gasteiger partial charge in [0.2, 0.25) is 0 Å². The molecule has 0 unspecified atom stereocenters. The average molecular weight is 239 g/mol. The number of phenolic OH excluding ortho intramolecular Hbond substituents is 2. The molecule has 2 aromatic rings. The van der Waals surface area contributed by atoms with E-state index in [9.17, 15) is 15.0 Å². The van der Waals surface area contributed by atoms with Gasteiger partial charge in [-0.15, -0.1) is 0 Å². The highest BCUT2D eigenvalue weighted by molar-refractivity contribution is 6.30. The third kappa shape index (κ3) is 1.20. The molecule has 0 aromatic heterocycles. The molecule has 2 aromatic carbocycles. The van der Waals surface area contributed by atoms with Crippen LogP contribution >= 0.6 is 0 Å². The number of carbonyl (C=O) groups is 1. The molecular formula is C14H9NO3. The number of carbonyl (C=O) groups excluding carboxylic acids is 1. The Hall–Kier alpha value is -2.62. The van der Waals surface area contributed by atoms with Crippen molar-refractivity contribution in [3.63, 3.8) is 0 Å². The summed E-state index contributed by atoms with van der Waals surface area (Å²) in [5.41, 5.74) is 1.30. The Labute approximate surface area is 103 Å². The van der Waals surface area contributed by atoms with Gasteiger partial charge in [-0.2, -0.15) is 0 Å². The van der Waals surface area contributed by atoms with E-state index >= 15 is 0 Å². The lowest BCUT2D eigenvalue weighted by molar-refractivity contribution is 0.103. The monoisotopic (exact) mass is 239 g/mol. The SMILES string of the molecule is N=C1c2ccccc2C(=O)c2ccc(O)c(O)c21. The smallest absolute Gasteiger partial charge is 0.194 e. The quantitative estimate of drug-likeness (QED) is 0.525. The largest absolute Gasteiger partial charge is 0.504 e. The number of hydrogen-bond acceptors (Lipinski definition) is 4. The molecule has 3 N–H and O–H groups in total. The van der Waals surface area contributed by atoms with Crippen molar-refractivity contribution < 1.29 is 15.0 Å². The fourth-order valence-corrected chi connectivity index (χ4v) is 2.20. The van der Waals surface area contributed by atoms with Crippen LogP contribution in [0.1, 0.15) is 27.0 Å². The third-order valence-electron chi connectivity index (χ3n) is 3.09. The van der Waals surface area contributed by atoms with E-state index in [-0.39, 0.29) is 28.4 Å². The standard InChI is InChI=1S/C14H9NO3/c15-12-7-3-1-2-4-8(7)13(17)9-5-6-10(16)14(18)11(9)12/h1-6,15-16,18H. The van der Waals surface area contributed by atoms with Crippen LogP contribution in [0.2, 0.25) is 0 Å². The summed E-state index contributed by atoms with van der Waals surface area (Å²) >= 11 is 0. The summed E-state index contributed by atoms with van der Waals surface area (Å²) in [5, 5.41) is 27.3. The molecule has 1 aliphatic carbocycles. The Morgan fingerprint density at radius 1 is 0.889 bits per heavy atom. The van der Waals surface area contributed by atoms with Crippen LogP contribution in [0.15, 0.2) is 36.4 Å². The van der Waals surface area contributed by atoms with Crippen LogP contribution in [-0.4, -0.2) is 21.7 Å². The number of rotatable bonds is 0. The van der Waals surface area contributed by atoms with Gasteiger partial charge in [-0.05, 0) is 12.1 Å². The number of fused-ring (bicyclic) bond motifs is 2. The van der Waals surface area contributed by atoms with E-state index in [1.54, 1.807) is 24.3 Å². The van der Waals surface area contributed by atoms with Gasteiger partial charge in [0.25, 0.3) is 0 Å². The fraction of sp³-hybridized carbons (Fsp3) is 0. The molecule has 0 heterocycles. The normalized spacial score (nSPS) is 13.1. The van der Waals surface area contributed by atoms with Gasteiger partial charge in [0.05, 0.1) is 11.3 Å². The molecule has 0 fully saturated rings. The minimum absolute atomic E-state index is 0.0496. The Morgan fingerprint density at radius 3 is 2.28 bits per heavy atom. The van der Waals surface area contributed by atoms with E-state index < -0.39 is 5.75 Å². The van der Waals surface area contributed by atoms with E-state index in [2.05, 4.69) is 0 Å². The van der Waals surface area contributed by atoms with Gasteiger partial charge in [0.1, 0.15) is 0 Å². The van der Waals surface area contributed by atoms with Crippen LogP contribution in [0, 0.1) is 5.41 Å². The number of nitrogens with one attached hydrogen (secondary N) is 1. The van der Waals surface area contributed by atoms with E-state index in [1.807, 2.05) is 0 Å². The fourth-order valence-electron chi connectivity index (χ4n) is 2.20. The molecule has 0 amide bonds. The number of benzene rings is 2. The Balaban J connectivity index is 2.38. The first kappa shape index (κ1) is 10.5. The van der Waals surface area contributed by atoms with Crippen molar-refractivity contribution >= 4 is 11.5 Å². The summed E-state index contributed by atoms with van der Waals surface area (Å²) < 4.78 is 0. The van der Waals surface area contributed by atoms with Crippen LogP contribution < -0.4 is 0 Å². The highest BCUT2D eigenvalue weighted by Gasteiger charge is 2.30. The first-order valence-corrected chi connectivity index (χ1v) is 5.39. The summed E-state index contributed by atoms with van der Waals surface area (Å²) in [5.74, 6) is -0.988. The van der Waals surface area contributed by atoms with E-state index in [0.29, 0.717) is 11.1 Å². The number of aromatic hydroxyl groups is 2. The maximum Gasteiger partial charge on any atom is 0.194 e. The molecule has 4 nitrogen and oxygen atoms in total. The van der Waals surface area contributed by atoms with Crippen molar-refractivity contribution in [2.24, 2.45) is 0 Å². The van der Waals surface area contributed by atoms with Crippen LogP contribution in [0.3, 0.4) is 0 Å². The van der Waals surface area contributed by atoms with Gasteiger partial charge >= 0.3 is 0 Å². The van der Waals surface area contributed by atoms with E-state index in [4.69, 9.17) is 5.41 Å². The van der Waals surface area contributed by atoms with Gasteiger partial charge in [-0.1, -0.05) is 24.3 Å². The van der Waals surface area contributed by atoms with Gasteiger partial charge < -0.3 is 10.2 Å². The molecule has 0 atom stereocenters. The summed E-state index contributed by atoms with van der Waals surface area (Å²) in [7, 11) is 0.